The molecule has 1 amide bonds. The average Bonchev–Trinajstić information content (AvgIpc) is 3.27. The average molecular weight is 366 g/mol. The number of nitrogens with zero attached hydrogens (tertiary/aromatic N) is 2. The van der Waals surface area contributed by atoms with Crippen LogP contribution in [0.5, 0.6) is 0 Å². The summed E-state index contributed by atoms with van der Waals surface area (Å²) in [6.45, 7) is 5.19. The second-order valence-corrected chi connectivity index (χ2v) is 6.45. The molecule has 1 unspecified atom stereocenters. The van der Waals surface area contributed by atoms with E-state index in [1.165, 1.54) is 16.2 Å². The Morgan fingerprint density at radius 2 is 2.28 bits per heavy atom. The van der Waals surface area contributed by atoms with Crippen LogP contribution in [0.25, 0.3) is 10.6 Å². The number of furan rings is 1. The van der Waals surface area contributed by atoms with Crippen LogP contribution in [0.15, 0.2) is 28.4 Å². The van der Waals surface area contributed by atoms with Crippen LogP contribution in [-0.2, 0) is 9.53 Å². The molecule has 1 N–H and O–H groups in total. The van der Waals surface area contributed by atoms with Gasteiger partial charge in [0.15, 0.2) is 0 Å². The molecule has 0 radical (unpaired) electrons. The number of hydrogen-bond donors (Lipinski definition) is 1. The number of carbonyl (C=O) groups excluding carboxylic acids is 1. The number of rotatable bonds is 10. The lowest BCUT2D eigenvalue weighted by Crippen LogP contribution is -2.38. The van der Waals surface area contributed by atoms with Gasteiger partial charge in [-0.15, -0.1) is 11.3 Å². The van der Waals surface area contributed by atoms with Crippen molar-refractivity contribution < 1.29 is 23.8 Å². The third-order valence-corrected chi connectivity index (χ3v) is 4.51. The summed E-state index contributed by atoms with van der Waals surface area (Å²) in [6.07, 6.45) is 3.76. The number of aliphatic carboxylic acids is 1. The van der Waals surface area contributed by atoms with Crippen LogP contribution >= 0.6 is 11.3 Å². The second-order valence-electron chi connectivity index (χ2n) is 5.59. The smallest absolute Gasteiger partial charge is 0.308 e. The fourth-order valence-corrected chi connectivity index (χ4v) is 3.02. The van der Waals surface area contributed by atoms with Crippen LogP contribution in [0.4, 0.5) is 0 Å². The number of hydrogen-bond acceptors (Lipinski definition) is 6. The number of carbonyl (C=O) groups is 2. The maximum Gasteiger partial charge on any atom is 0.308 e. The topological polar surface area (TPSA) is 92.9 Å². The molecule has 0 saturated carbocycles. The minimum Gasteiger partial charge on any atom is -0.481 e. The molecule has 0 aliphatic carbocycles. The van der Waals surface area contributed by atoms with Crippen molar-refractivity contribution in [2.75, 3.05) is 26.3 Å². The molecule has 136 valence electrons. The van der Waals surface area contributed by atoms with Gasteiger partial charge in [0.25, 0.3) is 5.91 Å². The summed E-state index contributed by atoms with van der Waals surface area (Å²) in [7, 11) is 0. The van der Waals surface area contributed by atoms with Gasteiger partial charge >= 0.3 is 5.97 Å². The Labute approximate surface area is 150 Å². The van der Waals surface area contributed by atoms with Crippen molar-refractivity contribution in [1.29, 1.82) is 0 Å². The molecule has 2 rings (SSSR count). The predicted octanol–water partition coefficient (Wildman–Crippen LogP) is 2.99. The molecule has 0 spiro atoms. The summed E-state index contributed by atoms with van der Waals surface area (Å²) in [5.74, 6) is -1.85. The summed E-state index contributed by atoms with van der Waals surface area (Å²) >= 11 is 1.35. The Kier molecular flexibility index (Phi) is 7.15. The standard InChI is InChI=1S/C17H22N2O5S/c1-3-23-7-4-6-19(9-12(2)17(21)22)16(20)14-11-25-15(18-14)13-5-8-24-10-13/h5,8,10-12H,3-4,6-7,9H2,1-2H3,(H,21,22). The molecule has 0 aliphatic heterocycles. The molecule has 2 heterocycles. The molecular weight excluding hydrogens is 344 g/mol. The molecule has 0 fully saturated rings. The zero-order valence-electron chi connectivity index (χ0n) is 14.3. The molecule has 7 nitrogen and oxygen atoms in total. The maximum atomic E-state index is 12.8. The van der Waals surface area contributed by atoms with Crippen LogP contribution in [0.3, 0.4) is 0 Å². The molecule has 25 heavy (non-hydrogen) atoms. The SMILES string of the molecule is CCOCCCN(CC(C)C(=O)O)C(=O)c1csc(-c2ccoc2)n1. The van der Waals surface area contributed by atoms with Gasteiger partial charge in [-0.25, -0.2) is 4.98 Å². The fraction of sp³-hybridized carbons (Fsp3) is 0.471. The van der Waals surface area contributed by atoms with Crippen LogP contribution in [0.2, 0.25) is 0 Å². The van der Waals surface area contributed by atoms with E-state index in [1.54, 1.807) is 30.9 Å². The number of carboxylic acid groups (broad SMARTS) is 1. The van der Waals surface area contributed by atoms with Gasteiger partial charge in [-0.3, -0.25) is 9.59 Å². The van der Waals surface area contributed by atoms with Crippen molar-refractivity contribution in [3.8, 4) is 10.6 Å². The van der Waals surface area contributed by atoms with Crippen molar-refractivity contribution in [3.63, 3.8) is 0 Å². The van der Waals surface area contributed by atoms with Crippen molar-refractivity contribution in [1.82, 2.24) is 9.88 Å². The highest BCUT2D eigenvalue weighted by molar-refractivity contribution is 7.13. The predicted molar refractivity (Wildman–Crippen MR) is 93.6 cm³/mol. The van der Waals surface area contributed by atoms with Crippen LogP contribution in [-0.4, -0.2) is 53.2 Å². The van der Waals surface area contributed by atoms with E-state index in [9.17, 15) is 9.59 Å². The molecule has 8 heteroatoms. The van der Waals surface area contributed by atoms with E-state index < -0.39 is 11.9 Å². The van der Waals surface area contributed by atoms with Gasteiger partial charge in [-0.1, -0.05) is 6.92 Å². The highest BCUT2D eigenvalue weighted by Gasteiger charge is 2.23. The third kappa shape index (κ3) is 5.40. The minimum absolute atomic E-state index is 0.138. The van der Waals surface area contributed by atoms with Crippen molar-refractivity contribution in [2.24, 2.45) is 5.92 Å². The fourth-order valence-electron chi connectivity index (χ4n) is 2.24. The first-order chi connectivity index (χ1) is 12.0. The van der Waals surface area contributed by atoms with Gasteiger partial charge in [-0.05, 0) is 19.4 Å². The quantitative estimate of drug-likeness (QED) is 0.650. The number of thiazole rings is 1. The summed E-state index contributed by atoms with van der Waals surface area (Å²) in [5.41, 5.74) is 1.13. The monoisotopic (exact) mass is 366 g/mol. The van der Waals surface area contributed by atoms with E-state index in [0.29, 0.717) is 36.9 Å². The van der Waals surface area contributed by atoms with Gasteiger partial charge in [0.1, 0.15) is 17.0 Å². The van der Waals surface area contributed by atoms with E-state index in [2.05, 4.69) is 4.98 Å². The zero-order chi connectivity index (χ0) is 18.2. The van der Waals surface area contributed by atoms with Gasteiger partial charge in [0.2, 0.25) is 0 Å². The van der Waals surface area contributed by atoms with Crippen LogP contribution in [0.1, 0.15) is 30.8 Å². The van der Waals surface area contributed by atoms with E-state index >= 15 is 0 Å². The zero-order valence-corrected chi connectivity index (χ0v) is 15.1. The third-order valence-electron chi connectivity index (χ3n) is 3.62. The molecule has 0 bridgehead atoms. The highest BCUT2D eigenvalue weighted by Crippen LogP contribution is 2.24. The van der Waals surface area contributed by atoms with Crippen molar-refractivity contribution in [2.45, 2.75) is 20.3 Å². The molecule has 0 aliphatic rings. The van der Waals surface area contributed by atoms with Gasteiger partial charge in [0.05, 0.1) is 12.2 Å². The summed E-state index contributed by atoms with van der Waals surface area (Å²) in [5, 5.41) is 11.5. The Balaban J connectivity index is 2.08. The number of ether oxygens (including phenoxy) is 1. The van der Waals surface area contributed by atoms with E-state index in [0.717, 1.165) is 5.56 Å². The lowest BCUT2D eigenvalue weighted by atomic mass is 10.1. The van der Waals surface area contributed by atoms with Gasteiger partial charge in [0, 0.05) is 37.2 Å². The lowest BCUT2D eigenvalue weighted by molar-refractivity contribution is -0.141. The first kappa shape index (κ1) is 19.1. The van der Waals surface area contributed by atoms with E-state index in [-0.39, 0.29) is 12.5 Å². The Morgan fingerprint density at radius 3 is 2.92 bits per heavy atom. The Morgan fingerprint density at radius 1 is 1.48 bits per heavy atom. The van der Waals surface area contributed by atoms with Gasteiger partial charge < -0.3 is 19.2 Å². The van der Waals surface area contributed by atoms with Crippen molar-refractivity contribution >= 4 is 23.2 Å². The van der Waals surface area contributed by atoms with E-state index in [1.807, 2.05) is 6.92 Å². The van der Waals surface area contributed by atoms with Gasteiger partial charge in [-0.2, -0.15) is 0 Å². The van der Waals surface area contributed by atoms with E-state index in [4.69, 9.17) is 14.3 Å². The Bertz CT molecular complexity index is 683. The normalized spacial score (nSPS) is 12.1. The lowest BCUT2D eigenvalue weighted by Gasteiger charge is -2.23. The summed E-state index contributed by atoms with van der Waals surface area (Å²) < 4.78 is 10.3. The molecule has 2 aromatic rings. The largest absolute Gasteiger partial charge is 0.481 e. The highest BCUT2D eigenvalue weighted by atomic mass is 32.1. The van der Waals surface area contributed by atoms with Crippen LogP contribution in [0, 0.1) is 5.92 Å². The number of carboxylic acids is 1. The molecule has 0 saturated heterocycles. The van der Waals surface area contributed by atoms with Crippen LogP contribution < -0.4 is 0 Å². The molecule has 2 aromatic heterocycles. The Hall–Kier alpha value is -2.19. The van der Waals surface area contributed by atoms with Crippen molar-refractivity contribution in [3.05, 3.63) is 29.7 Å². The molecule has 1 atom stereocenters. The first-order valence-electron chi connectivity index (χ1n) is 8.10. The summed E-state index contributed by atoms with van der Waals surface area (Å²) in [4.78, 5) is 29.8. The first-order valence-corrected chi connectivity index (χ1v) is 8.98. The maximum absolute atomic E-state index is 12.8. The summed E-state index contributed by atoms with van der Waals surface area (Å²) in [6, 6.07) is 1.78. The number of aromatic nitrogens is 1. The molecule has 0 aromatic carbocycles. The molecular formula is C17H22N2O5S. The minimum atomic E-state index is -0.931. The number of amides is 1. The second kappa shape index (κ2) is 9.33.